The Bertz CT molecular complexity index is 613. The maximum absolute atomic E-state index is 12.5. The molecule has 0 aliphatic carbocycles. The third-order valence-corrected chi connectivity index (χ3v) is 5.19. The second-order valence-corrected chi connectivity index (χ2v) is 6.48. The number of nitrogens with two attached hydrogens (primary N) is 1. The Kier molecular flexibility index (Phi) is 3.75. The van der Waals surface area contributed by atoms with Crippen LogP contribution >= 0.6 is 0 Å². The van der Waals surface area contributed by atoms with E-state index in [0.717, 1.165) is 0 Å². The van der Waals surface area contributed by atoms with E-state index in [4.69, 9.17) is 11.0 Å². The van der Waals surface area contributed by atoms with Gasteiger partial charge in [-0.15, -0.1) is 0 Å². The monoisotopic (exact) mass is 280 g/mol. The maximum atomic E-state index is 12.5. The van der Waals surface area contributed by atoms with Crippen LogP contribution in [0.5, 0.6) is 0 Å². The lowest BCUT2D eigenvalue weighted by molar-refractivity contribution is 0.222. The van der Waals surface area contributed by atoms with Crippen molar-refractivity contribution in [2.45, 2.75) is 4.90 Å². The van der Waals surface area contributed by atoms with E-state index in [9.17, 15) is 8.42 Å². The summed E-state index contributed by atoms with van der Waals surface area (Å²) in [5, 5.41) is 8.76. The van der Waals surface area contributed by atoms with Crippen LogP contribution in [0.4, 0.5) is 5.69 Å². The Hall–Kier alpha value is -1.62. The van der Waals surface area contributed by atoms with Gasteiger partial charge in [-0.2, -0.15) is 9.57 Å². The van der Waals surface area contributed by atoms with Crippen LogP contribution in [-0.2, 0) is 10.0 Å². The summed E-state index contributed by atoms with van der Waals surface area (Å²) in [5.74, 6) is 0. The van der Waals surface area contributed by atoms with E-state index in [1.807, 2.05) is 13.1 Å². The summed E-state index contributed by atoms with van der Waals surface area (Å²) in [6.07, 6.45) is 0. The summed E-state index contributed by atoms with van der Waals surface area (Å²) in [5.41, 5.74) is 6.23. The summed E-state index contributed by atoms with van der Waals surface area (Å²) in [6, 6.07) is 6.20. The maximum Gasteiger partial charge on any atom is 0.245 e. The van der Waals surface area contributed by atoms with E-state index < -0.39 is 10.0 Å². The van der Waals surface area contributed by atoms with Crippen molar-refractivity contribution in [2.75, 3.05) is 39.0 Å². The molecule has 102 valence electrons. The molecule has 0 aromatic heterocycles. The highest BCUT2D eigenvalue weighted by Crippen LogP contribution is 2.24. The quantitative estimate of drug-likeness (QED) is 0.775. The Balaban J connectivity index is 2.32. The summed E-state index contributed by atoms with van der Waals surface area (Å²) < 4.78 is 26.4. The van der Waals surface area contributed by atoms with Crippen LogP contribution in [0.3, 0.4) is 0 Å². The Labute approximate surface area is 113 Å². The van der Waals surface area contributed by atoms with Crippen molar-refractivity contribution in [3.63, 3.8) is 0 Å². The van der Waals surface area contributed by atoms with Crippen LogP contribution in [0.15, 0.2) is 23.1 Å². The van der Waals surface area contributed by atoms with Crippen molar-refractivity contribution >= 4 is 15.7 Å². The summed E-state index contributed by atoms with van der Waals surface area (Å²) in [4.78, 5) is 2.16. The molecule has 0 atom stereocenters. The standard InChI is InChI=1S/C12H16N4O2S/c1-15-4-6-16(7-5-15)19(17,18)12-3-2-10(9-13)8-11(12)14/h2-3,8H,4-7,14H2,1H3. The molecule has 6 nitrogen and oxygen atoms in total. The van der Waals surface area contributed by atoms with E-state index in [-0.39, 0.29) is 10.6 Å². The molecule has 2 N–H and O–H groups in total. The SMILES string of the molecule is CN1CCN(S(=O)(=O)c2ccc(C#N)cc2N)CC1. The predicted molar refractivity (Wildman–Crippen MR) is 71.8 cm³/mol. The minimum atomic E-state index is -3.57. The molecule has 19 heavy (non-hydrogen) atoms. The fourth-order valence-electron chi connectivity index (χ4n) is 2.02. The van der Waals surface area contributed by atoms with E-state index in [0.29, 0.717) is 31.7 Å². The van der Waals surface area contributed by atoms with Crippen LogP contribution in [0.1, 0.15) is 5.56 Å². The first kappa shape index (κ1) is 13.8. The Morgan fingerprint density at radius 2 is 1.89 bits per heavy atom. The largest absolute Gasteiger partial charge is 0.398 e. The van der Waals surface area contributed by atoms with Crippen molar-refractivity contribution in [1.82, 2.24) is 9.21 Å². The predicted octanol–water partition coefficient (Wildman–Crippen LogP) is 0.0766. The first-order chi connectivity index (χ1) is 8.95. The number of hydrogen-bond acceptors (Lipinski definition) is 5. The van der Waals surface area contributed by atoms with E-state index in [1.54, 1.807) is 0 Å². The number of nitrogens with zero attached hydrogens (tertiary/aromatic N) is 3. The zero-order chi connectivity index (χ0) is 14.0. The summed E-state index contributed by atoms with van der Waals surface area (Å²) >= 11 is 0. The molecule has 0 spiro atoms. The van der Waals surface area contributed by atoms with Gasteiger partial charge in [0.1, 0.15) is 4.90 Å². The van der Waals surface area contributed by atoms with Crippen LogP contribution < -0.4 is 5.73 Å². The average Bonchev–Trinajstić information content (AvgIpc) is 2.38. The first-order valence-corrected chi connectivity index (χ1v) is 7.37. The number of sulfonamides is 1. The molecule has 1 heterocycles. The zero-order valence-corrected chi connectivity index (χ0v) is 11.5. The Morgan fingerprint density at radius 3 is 2.42 bits per heavy atom. The lowest BCUT2D eigenvalue weighted by Crippen LogP contribution is -2.47. The molecule has 0 amide bonds. The number of anilines is 1. The fraction of sp³-hybridized carbons (Fsp3) is 0.417. The highest BCUT2D eigenvalue weighted by atomic mass is 32.2. The van der Waals surface area contributed by atoms with Gasteiger partial charge in [0.15, 0.2) is 0 Å². The number of piperazine rings is 1. The summed E-state index contributed by atoms with van der Waals surface area (Å²) in [7, 11) is -1.61. The molecule has 0 radical (unpaired) electrons. The molecule has 2 rings (SSSR count). The first-order valence-electron chi connectivity index (χ1n) is 5.93. The van der Waals surface area contributed by atoms with Gasteiger partial charge in [-0.1, -0.05) is 0 Å². The molecule has 0 saturated carbocycles. The van der Waals surface area contributed by atoms with Crippen molar-refractivity contribution in [3.05, 3.63) is 23.8 Å². The van der Waals surface area contributed by atoms with Crippen LogP contribution in [0, 0.1) is 11.3 Å². The minimum Gasteiger partial charge on any atom is -0.398 e. The van der Waals surface area contributed by atoms with Gasteiger partial charge in [0.05, 0.1) is 17.3 Å². The molecule has 7 heteroatoms. The van der Waals surface area contributed by atoms with Crippen molar-refractivity contribution in [3.8, 4) is 6.07 Å². The van der Waals surface area contributed by atoms with Gasteiger partial charge in [0, 0.05) is 26.2 Å². The van der Waals surface area contributed by atoms with Gasteiger partial charge in [0.2, 0.25) is 10.0 Å². The highest BCUT2D eigenvalue weighted by molar-refractivity contribution is 7.89. The second kappa shape index (κ2) is 5.17. The molecule has 1 aromatic rings. The van der Waals surface area contributed by atoms with Gasteiger partial charge >= 0.3 is 0 Å². The lowest BCUT2D eigenvalue weighted by atomic mass is 10.2. The van der Waals surface area contributed by atoms with Gasteiger partial charge in [-0.3, -0.25) is 0 Å². The van der Waals surface area contributed by atoms with Crippen molar-refractivity contribution in [1.29, 1.82) is 5.26 Å². The fourth-order valence-corrected chi connectivity index (χ4v) is 3.54. The topological polar surface area (TPSA) is 90.4 Å². The molecule has 1 saturated heterocycles. The van der Waals surface area contributed by atoms with E-state index in [1.165, 1.54) is 22.5 Å². The molecule has 0 unspecified atom stereocenters. The molecular weight excluding hydrogens is 264 g/mol. The van der Waals surface area contributed by atoms with Gasteiger partial charge in [0.25, 0.3) is 0 Å². The van der Waals surface area contributed by atoms with E-state index >= 15 is 0 Å². The third kappa shape index (κ3) is 2.71. The van der Waals surface area contributed by atoms with Crippen LogP contribution in [-0.4, -0.2) is 50.8 Å². The second-order valence-electron chi connectivity index (χ2n) is 4.57. The average molecular weight is 280 g/mol. The number of hydrogen-bond donors (Lipinski definition) is 1. The summed E-state index contributed by atoms with van der Waals surface area (Å²) in [6.45, 7) is 2.32. The lowest BCUT2D eigenvalue weighted by Gasteiger charge is -2.31. The third-order valence-electron chi connectivity index (χ3n) is 3.22. The molecule has 1 aliphatic rings. The number of rotatable bonds is 2. The van der Waals surface area contributed by atoms with Crippen LogP contribution in [0.25, 0.3) is 0 Å². The molecule has 1 aliphatic heterocycles. The molecule has 1 fully saturated rings. The van der Waals surface area contributed by atoms with Gasteiger partial charge < -0.3 is 10.6 Å². The Morgan fingerprint density at radius 1 is 1.26 bits per heavy atom. The van der Waals surface area contributed by atoms with Crippen LogP contribution in [0.2, 0.25) is 0 Å². The zero-order valence-electron chi connectivity index (χ0n) is 10.7. The van der Waals surface area contributed by atoms with E-state index in [2.05, 4.69) is 4.90 Å². The normalized spacial score (nSPS) is 18.1. The number of likely N-dealkylation sites (N-methyl/N-ethyl adjacent to an activating group) is 1. The molecule has 0 bridgehead atoms. The number of nitrogen functional groups attached to an aromatic ring is 1. The smallest absolute Gasteiger partial charge is 0.245 e. The molecule has 1 aromatic carbocycles. The molecular formula is C12H16N4O2S. The number of benzene rings is 1. The number of nitriles is 1. The van der Waals surface area contributed by atoms with Gasteiger partial charge in [-0.25, -0.2) is 8.42 Å². The minimum absolute atomic E-state index is 0.0797. The van der Waals surface area contributed by atoms with Crippen molar-refractivity contribution in [2.24, 2.45) is 0 Å². The van der Waals surface area contributed by atoms with Gasteiger partial charge in [-0.05, 0) is 25.2 Å². The van der Waals surface area contributed by atoms with Crippen molar-refractivity contribution < 1.29 is 8.42 Å². The highest BCUT2D eigenvalue weighted by Gasteiger charge is 2.28.